The quantitative estimate of drug-likeness (QED) is 0.589. The van der Waals surface area contributed by atoms with Gasteiger partial charge < -0.3 is 20.5 Å². The van der Waals surface area contributed by atoms with Crippen LogP contribution in [0.5, 0.6) is 5.75 Å². The molecule has 0 saturated carbocycles. The van der Waals surface area contributed by atoms with Crippen LogP contribution in [0.3, 0.4) is 0 Å². The number of likely N-dealkylation sites (N-methyl/N-ethyl adjacent to an activating group) is 1. The number of hydrogen-bond acceptors (Lipinski definition) is 5. The van der Waals surface area contributed by atoms with E-state index in [9.17, 15) is 4.79 Å². The number of rotatable bonds is 6. The highest BCUT2D eigenvalue weighted by molar-refractivity contribution is 5.81. The number of carbonyl (C=O) groups is 1. The molecular weight excluding hydrogens is 270 g/mol. The molecule has 6 nitrogen and oxygen atoms in total. The SMILES string of the molecule is CNC(=O)C1COCCN1CCCOc1ccc(N)cc1. The van der Waals surface area contributed by atoms with Crippen molar-refractivity contribution in [2.45, 2.75) is 12.5 Å². The summed E-state index contributed by atoms with van der Waals surface area (Å²) in [7, 11) is 1.65. The molecule has 1 aliphatic heterocycles. The highest BCUT2D eigenvalue weighted by atomic mass is 16.5. The van der Waals surface area contributed by atoms with Gasteiger partial charge in [-0.05, 0) is 30.7 Å². The largest absolute Gasteiger partial charge is 0.494 e. The average Bonchev–Trinajstić information content (AvgIpc) is 2.53. The van der Waals surface area contributed by atoms with Crippen LogP contribution in [-0.4, -0.2) is 56.8 Å². The molecule has 0 bridgehead atoms. The van der Waals surface area contributed by atoms with Gasteiger partial charge in [-0.3, -0.25) is 9.69 Å². The highest BCUT2D eigenvalue weighted by Crippen LogP contribution is 2.13. The van der Waals surface area contributed by atoms with E-state index < -0.39 is 0 Å². The van der Waals surface area contributed by atoms with Crippen molar-refractivity contribution in [1.29, 1.82) is 0 Å². The van der Waals surface area contributed by atoms with Crippen molar-refractivity contribution in [2.75, 3.05) is 45.7 Å². The van der Waals surface area contributed by atoms with Gasteiger partial charge in [0.25, 0.3) is 0 Å². The summed E-state index contributed by atoms with van der Waals surface area (Å²) in [4.78, 5) is 13.9. The number of anilines is 1. The van der Waals surface area contributed by atoms with Gasteiger partial charge in [0.15, 0.2) is 0 Å². The van der Waals surface area contributed by atoms with Crippen LogP contribution >= 0.6 is 0 Å². The van der Waals surface area contributed by atoms with E-state index in [0.29, 0.717) is 19.8 Å². The lowest BCUT2D eigenvalue weighted by atomic mass is 10.2. The summed E-state index contributed by atoms with van der Waals surface area (Å²) >= 11 is 0. The van der Waals surface area contributed by atoms with Gasteiger partial charge in [-0.2, -0.15) is 0 Å². The molecule has 1 unspecified atom stereocenters. The maximum absolute atomic E-state index is 11.8. The van der Waals surface area contributed by atoms with Crippen molar-refractivity contribution in [3.05, 3.63) is 24.3 Å². The predicted octanol–water partition coefficient (Wildman–Crippen LogP) is 0.485. The Hall–Kier alpha value is -1.79. The fraction of sp³-hybridized carbons (Fsp3) is 0.533. The maximum atomic E-state index is 11.8. The van der Waals surface area contributed by atoms with Crippen molar-refractivity contribution in [3.63, 3.8) is 0 Å². The Kier molecular flexibility index (Phi) is 5.83. The maximum Gasteiger partial charge on any atom is 0.239 e. The fourth-order valence-electron chi connectivity index (χ4n) is 2.34. The fourth-order valence-corrected chi connectivity index (χ4v) is 2.34. The van der Waals surface area contributed by atoms with Crippen LogP contribution in [0.2, 0.25) is 0 Å². The molecule has 3 N–H and O–H groups in total. The van der Waals surface area contributed by atoms with Crippen molar-refractivity contribution in [1.82, 2.24) is 10.2 Å². The first-order valence-electron chi connectivity index (χ1n) is 7.22. The number of nitrogens with zero attached hydrogens (tertiary/aromatic N) is 1. The summed E-state index contributed by atoms with van der Waals surface area (Å²) < 4.78 is 11.0. The topological polar surface area (TPSA) is 76.8 Å². The van der Waals surface area contributed by atoms with Crippen LogP contribution in [0.25, 0.3) is 0 Å². The number of nitrogens with one attached hydrogen (secondary N) is 1. The van der Waals surface area contributed by atoms with E-state index in [1.54, 1.807) is 7.05 Å². The van der Waals surface area contributed by atoms with E-state index in [1.165, 1.54) is 0 Å². The summed E-state index contributed by atoms with van der Waals surface area (Å²) in [6.07, 6.45) is 0.859. The van der Waals surface area contributed by atoms with Crippen LogP contribution in [0, 0.1) is 0 Å². The molecule has 1 aliphatic rings. The van der Waals surface area contributed by atoms with E-state index >= 15 is 0 Å². The smallest absolute Gasteiger partial charge is 0.239 e. The van der Waals surface area contributed by atoms with Crippen LogP contribution in [0.15, 0.2) is 24.3 Å². The molecule has 1 saturated heterocycles. The van der Waals surface area contributed by atoms with Gasteiger partial charge in [0, 0.05) is 25.8 Å². The van der Waals surface area contributed by atoms with Gasteiger partial charge in [0.05, 0.1) is 19.8 Å². The Morgan fingerprint density at radius 1 is 1.48 bits per heavy atom. The minimum atomic E-state index is -0.194. The summed E-state index contributed by atoms with van der Waals surface area (Å²) in [5.74, 6) is 0.822. The average molecular weight is 293 g/mol. The number of nitrogen functional groups attached to an aromatic ring is 1. The number of benzene rings is 1. The molecule has 21 heavy (non-hydrogen) atoms. The molecule has 0 spiro atoms. The van der Waals surface area contributed by atoms with Crippen LogP contribution in [-0.2, 0) is 9.53 Å². The summed E-state index contributed by atoms with van der Waals surface area (Å²) in [5.41, 5.74) is 6.35. The van der Waals surface area contributed by atoms with E-state index in [2.05, 4.69) is 10.2 Å². The lowest BCUT2D eigenvalue weighted by Crippen LogP contribution is -2.53. The first-order valence-corrected chi connectivity index (χ1v) is 7.22. The van der Waals surface area contributed by atoms with Gasteiger partial charge >= 0.3 is 0 Å². The molecule has 1 atom stereocenters. The molecule has 6 heteroatoms. The second kappa shape index (κ2) is 7.85. The Bertz CT molecular complexity index is 450. The van der Waals surface area contributed by atoms with Crippen molar-refractivity contribution in [2.24, 2.45) is 0 Å². The monoisotopic (exact) mass is 293 g/mol. The van der Waals surface area contributed by atoms with Gasteiger partial charge in [0.2, 0.25) is 5.91 Å². The molecule has 1 heterocycles. The zero-order valence-electron chi connectivity index (χ0n) is 12.4. The molecule has 2 rings (SSSR count). The molecule has 1 aromatic carbocycles. The number of hydrogen-bond donors (Lipinski definition) is 2. The normalized spacial score (nSPS) is 19.2. The minimum absolute atomic E-state index is 0.00847. The third-order valence-electron chi connectivity index (χ3n) is 3.53. The minimum Gasteiger partial charge on any atom is -0.494 e. The third kappa shape index (κ3) is 4.61. The van der Waals surface area contributed by atoms with Crippen LogP contribution < -0.4 is 15.8 Å². The zero-order chi connectivity index (χ0) is 15.1. The highest BCUT2D eigenvalue weighted by Gasteiger charge is 2.28. The number of morpholine rings is 1. The standard InChI is InChI=1S/C15H23N3O3/c1-17-15(19)14-11-20-10-8-18(14)7-2-9-21-13-5-3-12(16)4-6-13/h3-6,14H,2,7-11,16H2,1H3,(H,17,19). The van der Waals surface area contributed by atoms with E-state index in [1.807, 2.05) is 24.3 Å². The summed E-state index contributed by atoms with van der Waals surface area (Å²) in [6.45, 7) is 3.34. The number of ether oxygens (including phenoxy) is 2. The first-order chi connectivity index (χ1) is 10.2. The summed E-state index contributed by atoms with van der Waals surface area (Å²) in [6, 6.07) is 7.16. The van der Waals surface area contributed by atoms with E-state index in [4.69, 9.17) is 15.2 Å². The molecule has 0 radical (unpaired) electrons. The number of nitrogens with two attached hydrogens (primary N) is 1. The second-order valence-electron chi connectivity index (χ2n) is 5.01. The third-order valence-corrected chi connectivity index (χ3v) is 3.53. The molecule has 1 fully saturated rings. The predicted molar refractivity (Wildman–Crippen MR) is 81.2 cm³/mol. The lowest BCUT2D eigenvalue weighted by molar-refractivity contribution is -0.132. The van der Waals surface area contributed by atoms with E-state index in [0.717, 1.165) is 30.9 Å². The Labute approximate surface area is 125 Å². The van der Waals surface area contributed by atoms with Gasteiger partial charge in [0.1, 0.15) is 11.8 Å². The van der Waals surface area contributed by atoms with Crippen molar-refractivity contribution >= 4 is 11.6 Å². The molecule has 1 amide bonds. The van der Waals surface area contributed by atoms with Crippen molar-refractivity contribution in [3.8, 4) is 5.75 Å². The summed E-state index contributed by atoms with van der Waals surface area (Å²) in [5, 5.41) is 2.68. The lowest BCUT2D eigenvalue weighted by Gasteiger charge is -2.34. The Morgan fingerprint density at radius 2 is 2.24 bits per heavy atom. The van der Waals surface area contributed by atoms with Crippen LogP contribution in [0.1, 0.15) is 6.42 Å². The molecule has 1 aromatic rings. The zero-order valence-corrected chi connectivity index (χ0v) is 12.4. The Morgan fingerprint density at radius 3 is 2.95 bits per heavy atom. The van der Waals surface area contributed by atoms with Crippen molar-refractivity contribution < 1.29 is 14.3 Å². The molecule has 116 valence electrons. The van der Waals surface area contributed by atoms with Gasteiger partial charge in [-0.15, -0.1) is 0 Å². The Balaban J connectivity index is 1.73. The number of carbonyl (C=O) groups excluding carboxylic acids is 1. The van der Waals surface area contributed by atoms with Gasteiger partial charge in [-0.1, -0.05) is 0 Å². The number of amides is 1. The molecular formula is C15H23N3O3. The second-order valence-corrected chi connectivity index (χ2v) is 5.01. The molecule has 0 aromatic heterocycles. The molecule has 0 aliphatic carbocycles. The van der Waals surface area contributed by atoms with E-state index in [-0.39, 0.29) is 11.9 Å². The van der Waals surface area contributed by atoms with Gasteiger partial charge in [-0.25, -0.2) is 0 Å². The first kappa shape index (κ1) is 15.6. The van der Waals surface area contributed by atoms with Crippen LogP contribution in [0.4, 0.5) is 5.69 Å².